The molecule has 4 heteroatoms. The second-order valence-electron chi connectivity index (χ2n) is 8.74. The van der Waals surface area contributed by atoms with Crippen LogP contribution in [0.3, 0.4) is 0 Å². The van der Waals surface area contributed by atoms with Crippen LogP contribution in [0.4, 0.5) is 0 Å². The number of hydrogen-bond donors (Lipinski definition) is 1. The summed E-state index contributed by atoms with van der Waals surface area (Å²) in [6, 6.07) is 18.4. The van der Waals surface area contributed by atoms with E-state index in [1.807, 2.05) is 18.2 Å². The van der Waals surface area contributed by atoms with Crippen LogP contribution in [0.1, 0.15) is 37.8 Å². The van der Waals surface area contributed by atoms with Crippen LogP contribution in [0.5, 0.6) is 5.75 Å². The van der Waals surface area contributed by atoms with Crippen LogP contribution in [-0.4, -0.2) is 46.5 Å². The van der Waals surface area contributed by atoms with Gasteiger partial charge in [0.2, 0.25) is 5.91 Å². The molecule has 1 amide bonds. The van der Waals surface area contributed by atoms with Crippen molar-refractivity contribution in [3.8, 4) is 5.75 Å². The summed E-state index contributed by atoms with van der Waals surface area (Å²) in [5.41, 5.74) is 2.41. The maximum Gasteiger partial charge on any atom is 0.224 e. The van der Waals surface area contributed by atoms with Crippen molar-refractivity contribution in [2.75, 3.05) is 19.6 Å². The third-order valence-electron chi connectivity index (χ3n) is 6.84. The van der Waals surface area contributed by atoms with E-state index in [0.717, 1.165) is 32.6 Å². The Morgan fingerprint density at radius 2 is 1.89 bits per heavy atom. The van der Waals surface area contributed by atoms with Crippen molar-refractivity contribution in [2.45, 2.75) is 44.7 Å². The van der Waals surface area contributed by atoms with Crippen LogP contribution < -0.4 is 0 Å². The maximum absolute atomic E-state index is 12.9. The Kier molecular flexibility index (Phi) is 5.15. The summed E-state index contributed by atoms with van der Waals surface area (Å²) in [5, 5.41) is 10.00. The molecule has 3 atom stereocenters. The number of carbonyl (C=O) groups is 1. The number of benzene rings is 2. The zero-order valence-electron chi connectivity index (χ0n) is 16.8. The number of phenols is 1. The molecule has 1 N–H and O–H groups in total. The van der Waals surface area contributed by atoms with Gasteiger partial charge in [-0.25, -0.2) is 0 Å². The van der Waals surface area contributed by atoms with Crippen LogP contribution >= 0.6 is 0 Å². The van der Waals surface area contributed by atoms with Gasteiger partial charge in [-0.3, -0.25) is 9.69 Å². The molecule has 2 heterocycles. The topological polar surface area (TPSA) is 43.8 Å². The Morgan fingerprint density at radius 3 is 2.64 bits per heavy atom. The zero-order chi connectivity index (χ0) is 19.7. The van der Waals surface area contributed by atoms with Crippen molar-refractivity contribution in [1.82, 2.24) is 9.80 Å². The van der Waals surface area contributed by atoms with Gasteiger partial charge in [-0.2, -0.15) is 0 Å². The molecular weight excluding hydrogens is 348 g/mol. The van der Waals surface area contributed by atoms with Crippen LogP contribution in [0.15, 0.2) is 54.6 Å². The van der Waals surface area contributed by atoms with Crippen LogP contribution in [0, 0.1) is 5.92 Å². The smallest absolute Gasteiger partial charge is 0.224 e. The molecule has 28 heavy (non-hydrogen) atoms. The number of nitrogens with zero attached hydrogens (tertiary/aromatic N) is 2. The third-order valence-corrected chi connectivity index (χ3v) is 6.84. The maximum atomic E-state index is 12.9. The SMILES string of the molecule is C[C@H]1CN2C(=O)CCN(Cc3ccccc3)C[C@H]2C[C@@]1(C)c1cccc(O)c1. The molecule has 2 aliphatic heterocycles. The summed E-state index contributed by atoms with van der Waals surface area (Å²) in [6.45, 7) is 7.92. The number of carbonyl (C=O) groups excluding carboxylic acids is 1. The van der Waals surface area contributed by atoms with Gasteiger partial charge in [-0.15, -0.1) is 0 Å². The molecule has 0 aliphatic carbocycles. The van der Waals surface area contributed by atoms with E-state index in [1.54, 1.807) is 6.07 Å². The minimum atomic E-state index is -0.0526. The Labute approximate surface area is 167 Å². The summed E-state index contributed by atoms with van der Waals surface area (Å²) in [5.74, 6) is 0.941. The standard InChI is InChI=1S/C24H30N2O2/c1-18-15-26-21(14-24(18,2)20-9-6-10-22(27)13-20)17-25(12-11-23(26)28)16-19-7-4-3-5-8-19/h3-10,13,18,21,27H,11-12,14-17H2,1-2H3/t18-,21+,24+/m0/s1. The third kappa shape index (κ3) is 3.66. The number of rotatable bonds is 3. The molecule has 2 aliphatic rings. The Morgan fingerprint density at radius 1 is 1.11 bits per heavy atom. The van der Waals surface area contributed by atoms with E-state index in [0.29, 0.717) is 18.1 Å². The molecule has 2 aromatic rings. The molecule has 4 rings (SSSR count). The van der Waals surface area contributed by atoms with Crippen LogP contribution in [-0.2, 0) is 16.8 Å². The van der Waals surface area contributed by atoms with Gasteiger partial charge in [-0.1, -0.05) is 56.3 Å². The van der Waals surface area contributed by atoms with Gasteiger partial charge in [0.25, 0.3) is 0 Å². The van der Waals surface area contributed by atoms with Crippen molar-refractivity contribution in [3.05, 3.63) is 65.7 Å². The van der Waals surface area contributed by atoms with E-state index in [9.17, 15) is 9.90 Å². The molecule has 2 fully saturated rings. The van der Waals surface area contributed by atoms with Gasteiger partial charge in [-0.05, 0) is 41.0 Å². The van der Waals surface area contributed by atoms with Crippen molar-refractivity contribution in [1.29, 1.82) is 0 Å². The average molecular weight is 379 g/mol. The summed E-state index contributed by atoms with van der Waals surface area (Å²) in [6.07, 6.45) is 1.52. The fraction of sp³-hybridized carbons (Fsp3) is 0.458. The van der Waals surface area contributed by atoms with Gasteiger partial charge in [0.15, 0.2) is 0 Å². The molecule has 0 unspecified atom stereocenters. The first-order valence-electron chi connectivity index (χ1n) is 10.3. The van der Waals surface area contributed by atoms with Gasteiger partial charge >= 0.3 is 0 Å². The molecular formula is C24H30N2O2. The molecule has 148 valence electrons. The summed E-state index contributed by atoms with van der Waals surface area (Å²) in [4.78, 5) is 17.4. The Hall–Kier alpha value is -2.33. The Balaban J connectivity index is 1.58. The monoisotopic (exact) mass is 378 g/mol. The molecule has 0 spiro atoms. The fourth-order valence-electron chi connectivity index (χ4n) is 4.95. The number of aromatic hydroxyl groups is 1. The first-order chi connectivity index (χ1) is 13.5. The number of phenolic OH excluding ortho intramolecular Hbond substituents is 1. The average Bonchev–Trinajstić information content (AvgIpc) is 2.82. The van der Waals surface area contributed by atoms with E-state index >= 15 is 0 Å². The van der Waals surface area contributed by atoms with Crippen LogP contribution in [0.25, 0.3) is 0 Å². The summed E-state index contributed by atoms with van der Waals surface area (Å²) >= 11 is 0. The second-order valence-corrected chi connectivity index (χ2v) is 8.74. The van der Waals surface area contributed by atoms with Crippen LogP contribution in [0.2, 0.25) is 0 Å². The summed E-state index contributed by atoms with van der Waals surface area (Å²) in [7, 11) is 0. The zero-order valence-corrected chi connectivity index (χ0v) is 16.8. The summed E-state index contributed by atoms with van der Waals surface area (Å²) < 4.78 is 0. The highest BCUT2D eigenvalue weighted by Crippen LogP contribution is 2.43. The van der Waals surface area contributed by atoms with Gasteiger partial charge < -0.3 is 10.0 Å². The largest absolute Gasteiger partial charge is 0.508 e. The number of fused-ring (bicyclic) bond motifs is 1. The van der Waals surface area contributed by atoms with E-state index in [4.69, 9.17) is 0 Å². The van der Waals surface area contributed by atoms with E-state index in [-0.39, 0.29) is 17.4 Å². The minimum Gasteiger partial charge on any atom is -0.508 e. The minimum absolute atomic E-state index is 0.0526. The lowest BCUT2D eigenvalue weighted by atomic mass is 9.66. The van der Waals surface area contributed by atoms with Crippen molar-refractivity contribution in [3.63, 3.8) is 0 Å². The highest BCUT2D eigenvalue weighted by molar-refractivity contribution is 5.77. The first kappa shape index (κ1) is 19.0. The van der Waals surface area contributed by atoms with Gasteiger partial charge in [0.05, 0.1) is 0 Å². The Bertz CT molecular complexity index is 838. The number of amides is 1. The lowest BCUT2D eigenvalue weighted by Gasteiger charge is -2.49. The van der Waals surface area contributed by atoms with Crippen molar-refractivity contribution >= 4 is 5.91 Å². The van der Waals surface area contributed by atoms with Gasteiger partial charge in [0.1, 0.15) is 5.75 Å². The molecule has 2 aromatic carbocycles. The van der Waals surface area contributed by atoms with E-state index < -0.39 is 0 Å². The molecule has 2 saturated heterocycles. The lowest BCUT2D eigenvalue weighted by Crippen LogP contribution is -2.56. The highest BCUT2D eigenvalue weighted by atomic mass is 16.3. The molecule has 0 radical (unpaired) electrons. The van der Waals surface area contributed by atoms with Crippen molar-refractivity contribution < 1.29 is 9.90 Å². The molecule has 4 nitrogen and oxygen atoms in total. The van der Waals surface area contributed by atoms with E-state index in [2.05, 4.69) is 54.0 Å². The quantitative estimate of drug-likeness (QED) is 0.884. The lowest BCUT2D eigenvalue weighted by molar-refractivity contribution is -0.136. The number of piperidine rings is 1. The molecule has 0 saturated carbocycles. The molecule has 0 aromatic heterocycles. The van der Waals surface area contributed by atoms with Crippen molar-refractivity contribution in [2.24, 2.45) is 5.92 Å². The highest BCUT2D eigenvalue weighted by Gasteiger charge is 2.45. The fourth-order valence-corrected chi connectivity index (χ4v) is 4.95. The number of hydrogen-bond acceptors (Lipinski definition) is 3. The molecule has 0 bridgehead atoms. The normalized spacial score (nSPS) is 28.6. The van der Waals surface area contributed by atoms with E-state index in [1.165, 1.54) is 11.1 Å². The van der Waals surface area contributed by atoms with Gasteiger partial charge in [0, 0.05) is 38.6 Å². The predicted octanol–water partition coefficient (Wildman–Crippen LogP) is 3.79. The predicted molar refractivity (Wildman–Crippen MR) is 111 cm³/mol. The first-order valence-corrected chi connectivity index (χ1v) is 10.3. The second kappa shape index (κ2) is 7.59.